The molecule has 0 atom stereocenters. The van der Waals surface area contributed by atoms with Gasteiger partial charge < -0.3 is 29.8 Å². The van der Waals surface area contributed by atoms with Crippen molar-refractivity contribution >= 4 is 44.8 Å². The lowest BCUT2D eigenvalue weighted by Gasteiger charge is -2.06. The lowest BCUT2D eigenvalue weighted by atomic mass is 10.2. The number of nitrogens with zero attached hydrogens (tertiary/aromatic N) is 2. The zero-order chi connectivity index (χ0) is 24.2. The van der Waals surface area contributed by atoms with Crippen molar-refractivity contribution < 1.29 is 19.8 Å². The van der Waals surface area contributed by atoms with Crippen LogP contribution in [0.4, 0.5) is 0 Å². The smallest absolute Gasteiger partial charge is 0.314 e. The third kappa shape index (κ3) is 4.41. The molecule has 10 nitrogen and oxygen atoms in total. The van der Waals surface area contributed by atoms with Crippen LogP contribution in [0.3, 0.4) is 0 Å². The largest absolute Gasteiger partial charge is 0.543 e. The third-order valence-corrected chi connectivity index (χ3v) is 4.80. The van der Waals surface area contributed by atoms with Gasteiger partial charge in [-0.25, -0.2) is 9.97 Å². The van der Waals surface area contributed by atoms with Gasteiger partial charge in [0.15, 0.2) is 0 Å². The van der Waals surface area contributed by atoms with E-state index < -0.39 is 34.4 Å². The quantitative estimate of drug-likeness (QED) is 0.407. The number of hydrogen-bond donors (Lipinski definition) is 2. The van der Waals surface area contributed by atoms with Crippen LogP contribution in [0.2, 0.25) is 0 Å². The van der Waals surface area contributed by atoms with Crippen molar-refractivity contribution in [2.45, 2.75) is 0 Å². The van der Waals surface area contributed by atoms with Crippen LogP contribution in [-0.2, 0) is 0 Å². The van der Waals surface area contributed by atoms with Crippen LogP contribution in [0, 0.1) is 0 Å². The molecule has 0 amide bonds. The Kier molecular flexibility index (Phi) is 5.95. The normalized spacial score (nSPS) is 10.5. The van der Waals surface area contributed by atoms with Crippen molar-refractivity contribution in [3.63, 3.8) is 0 Å². The molecule has 0 saturated heterocycles. The van der Waals surface area contributed by atoms with E-state index >= 15 is 0 Å². The Balaban J connectivity index is 2.41. The summed E-state index contributed by atoms with van der Waals surface area (Å²) in [6, 6.07) is 17.7. The number of aromatic nitrogens is 4. The van der Waals surface area contributed by atoms with Gasteiger partial charge >= 0.3 is 11.1 Å². The number of carboxylic acid groups (broad SMARTS) is 2. The molecule has 1 heterocycles. The van der Waals surface area contributed by atoms with E-state index in [1.54, 1.807) is 12.1 Å². The van der Waals surface area contributed by atoms with Crippen LogP contribution in [-0.4, -0.2) is 31.9 Å². The summed E-state index contributed by atoms with van der Waals surface area (Å²) >= 11 is 0. The van der Waals surface area contributed by atoms with E-state index in [2.05, 4.69) is 19.9 Å². The fourth-order valence-corrected chi connectivity index (χ4v) is 3.28. The fourth-order valence-electron chi connectivity index (χ4n) is 3.28. The van der Waals surface area contributed by atoms with Crippen molar-refractivity contribution in [3.05, 3.63) is 105 Å². The van der Waals surface area contributed by atoms with Crippen LogP contribution in [0.25, 0.3) is 32.8 Å². The lowest BCUT2D eigenvalue weighted by Crippen LogP contribution is -2.27. The Morgan fingerprint density at radius 1 is 0.588 bits per heavy atom. The number of carbonyl (C=O) groups is 2. The number of benzene rings is 3. The van der Waals surface area contributed by atoms with Gasteiger partial charge in [-0.1, -0.05) is 48.5 Å². The number of para-hydroxylation sites is 4. The molecule has 1 aromatic heterocycles. The van der Waals surface area contributed by atoms with Gasteiger partial charge in [0.2, 0.25) is 0 Å². The molecule has 0 unspecified atom stereocenters. The Labute approximate surface area is 189 Å². The highest BCUT2D eigenvalue weighted by Gasteiger charge is 2.06. The molecule has 0 radical (unpaired) electrons. The molecule has 4 rings (SSSR count). The maximum absolute atomic E-state index is 12.6. The van der Waals surface area contributed by atoms with Crippen LogP contribution in [0.15, 0.2) is 82.4 Å². The number of aromatic amines is 2. The molecule has 10 heteroatoms. The number of carboxylic acids is 2. The topological polar surface area (TPSA) is 172 Å². The van der Waals surface area contributed by atoms with Gasteiger partial charge in [0.25, 0.3) is 0 Å². The minimum Gasteiger partial charge on any atom is -0.543 e. The van der Waals surface area contributed by atoms with Crippen molar-refractivity contribution in [2.24, 2.45) is 0 Å². The number of rotatable bonds is 2. The zero-order valence-corrected chi connectivity index (χ0v) is 17.3. The van der Waals surface area contributed by atoms with Crippen LogP contribution in [0.1, 0.15) is 21.0 Å². The molecule has 3 aromatic carbocycles. The molecule has 168 valence electrons. The molecule has 2 N–H and O–H groups in total. The maximum Gasteiger partial charge on any atom is 0.314 e. The second kappa shape index (κ2) is 9.17. The van der Waals surface area contributed by atoms with Crippen molar-refractivity contribution in [1.29, 1.82) is 0 Å². The Morgan fingerprint density at radius 2 is 0.941 bits per heavy atom. The minimum atomic E-state index is -1.66. The summed E-state index contributed by atoms with van der Waals surface area (Å²) in [6.07, 6.45) is 0. The minimum absolute atomic E-state index is 0.00681. The number of H-pyrrole nitrogens is 2. The molecule has 4 aromatic rings. The van der Waals surface area contributed by atoms with Crippen molar-refractivity contribution in [1.82, 2.24) is 19.9 Å². The van der Waals surface area contributed by atoms with E-state index in [1.807, 2.05) is 0 Å². The van der Waals surface area contributed by atoms with E-state index in [9.17, 15) is 29.4 Å². The Hall–Kier alpha value is -5.12. The SMILES string of the molecule is O=C([O-])c1nc2ccccc2nc(C(=O)[O-])c2ccccc2[nH]c(=O)c(=O)[nH]c2ccccc12. The van der Waals surface area contributed by atoms with Gasteiger partial charge in [-0.2, -0.15) is 0 Å². The highest BCUT2D eigenvalue weighted by Crippen LogP contribution is 2.15. The standard InChI is InChI=1S/C24H16N4O6/c29-21-22(30)28-16-10-4-2-8-14(16)20(24(33)34)26-18-12-6-5-11-17(18)25-19(23(31)32)13-7-1-3-9-15(13)27-21/h1-12H,(H,27,29)(H,28,30)(H,31,32)(H,33,34)/p-2. The van der Waals surface area contributed by atoms with Gasteiger partial charge in [0, 0.05) is 10.8 Å². The second-order valence-corrected chi connectivity index (χ2v) is 6.98. The van der Waals surface area contributed by atoms with Gasteiger partial charge in [-0.05, 0) is 24.3 Å². The van der Waals surface area contributed by atoms with E-state index in [4.69, 9.17) is 0 Å². The number of hydrogen-bond acceptors (Lipinski definition) is 8. The van der Waals surface area contributed by atoms with Gasteiger partial charge in [0.1, 0.15) is 0 Å². The molecule has 0 saturated carbocycles. The molecule has 0 bridgehead atoms. The second-order valence-electron chi connectivity index (χ2n) is 6.98. The predicted molar refractivity (Wildman–Crippen MR) is 120 cm³/mol. The summed E-state index contributed by atoms with van der Waals surface area (Å²) in [4.78, 5) is 62.1. The van der Waals surface area contributed by atoms with Gasteiger partial charge in [-0.15, -0.1) is 0 Å². The third-order valence-electron chi connectivity index (χ3n) is 4.80. The predicted octanol–water partition coefficient (Wildman–Crippen LogP) is 0.289. The lowest BCUT2D eigenvalue weighted by molar-refractivity contribution is -0.256. The maximum atomic E-state index is 12.6. The molecule has 0 spiro atoms. The number of nitrogens with one attached hydrogen (secondary N) is 2. The summed E-state index contributed by atoms with van der Waals surface area (Å²) < 4.78 is 0. The number of aromatic carboxylic acids is 2. The fraction of sp³-hybridized carbons (Fsp3) is 0. The van der Waals surface area contributed by atoms with Crippen LogP contribution in [0.5, 0.6) is 0 Å². The summed E-state index contributed by atoms with van der Waals surface area (Å²) in [6.45, 7) is 0. The van der Waals surface area contributed by atoms with Crippen molar-refractivity contribution in [3.8, 4) is 0 Å². The Morgan fingerprint density at radius 3 is 1.32 bits per heavy atom. The average Bonchev–Trinajstić information content (AvgIpc) is 2.82. The van der Waals surface area contributed by atoms with E-state index in [0.29, 0.717) is 0 Å². The number of fused-ring (bicyclic) bond motifs is 3. The summed E-state index contributed by atoms with van der Waals surface area (Å²) in [5.41, 5.74) is -3.30. The molecule has 0 fully saturated rings. The summed E-state index contributed by atoms with van der Waals surface area (Å²) in [5.74, 6) is -3.33. The van der Waals surface area contributed by atoms with E-state index in [1.165, 1.54) is 60.7 Å². The molecule has 0 aliphatic carbocycles. The molecule has 0 aliphatic rings. The molecule has 0 aliphatic heterocycles. The van der Waals surface area contributed by atoms with Gasteiger partial charge in [0.05, 0.1) is 45.4 Å². The first-order valence-corrected chi connectivity index (χ1v) is 9.85. The zero-order valence-electron chi connectivity index (χ0n) is 17.3. The van der Waals surface area contributed by atoms with Crippen molar-refractivity contribution in [2.75, 3.05) is 0 Å². The molecular weight excluding hydrogens is 440 g/mol. The van der Waals surface area contributed by atoms with Crippen LogP contribution < -0.4 is 21.3 Å². The van der Waals surface area contributed by atoms with E-state index in [0.717, 1.165) is 0 Å². The first-order chi connectivity index (χ1) is 16.3. The Bertz CT molecular complexity index is 1600. The highest BCUT2D eigenvalue weighted by molar-refractivity contribution is 6.01. The van der Waals surface area contributed by atoms with Gasteiger partial charge in [-0.3, -0.25) is 9.59 Å². The molecule has 34 heavy (non-hydrogen) atoms. The summed E-state index contributed by atoms with van der Waals surface area (Å²) in [5, 5.41) is 23.9. The molecular formula is C24H14N4O6-2. The summed E-state index contributed by atoms with van der Waals surface area (Å²) in [7, 11) is 0. The number of carbonyl (C=O) groups excluding carboxylic acids is 2. The first-order valence-electron chi connectivity index (χ1n) is 9.85. The average molecular weight is 454 g/mol. The van der Waals surface area contributed by atoms with Crippen LogP contribution >= 0.6 is 0 Å². The monoisotopic (exact) mass is 454 g/mol. The highest BCUT2D eigenvalue weighted by atomic mass is 16.4. The van der Waals surface area contributed by atoms with E-state index in [-0.39, 0.29) is 32.8 Å². The first kappa shape index (κ1) is 22.1.